The van der Waals surface area contributed by atoms with Gasteiger partial charge in [0.25, 0.3) is 0 Å². The molecule has 0 aliphatic rings. The Kier molecular flexibility index (Phi) is 4.68. The van der Waals surface area contributed by atoms with Gasteiger partial charge in [-0.05, 0) is 36.4 Å². The van der Waals surface area contributed by atoms with E-state index in [1.54, 1.807) is 12.4 Å². The van der Waals surface area contributed by atoms with Crippen molar-refractivity contribution in [2.45, 2.75) is 10.9 Å². The molecule has 0 aliphatic carbocycles. The summed E-state index contributed by atoms with van der Waals surface area (Å²) in [7, 11) is 1.92. The fourth-order valence-electron chi connectivity index (χ4n) is 2.34. The summed E-state index contributed by atoms with van der Waals surface area (Å²) in [5, 5.41) is 13.9. The monoisotopic (exact) mass is 384 g/mol. The molecule has 0 saturated heterocycles. The molecule has 9 heteroatoms. The van der Waals surface area contributed by atoms with Crippen LogP contribution in [0.1, 0.15) is 5.89 Å². The molecular formula is C17H13ClN6OS. The van der Waals surface area contributed by atoms with Gasteiger partial charge in [0.15, 0.2) is 11.0 Å². The topological polar surface area (TPSA) is 82.5 Å². The lowest BCUT2D eigenvalue weighted by Crippen LogP contribution is -1.95. The third kappa shape index (κ3) is 3.47. The number of hydrogen-bond donors (Lipinski definition) is 0. The van der Waals surface area contributed by atoms with E-state index in [1.807, 2.05) is 48.0 Å². The Balaban J connectivity index is 1.47. The molecule has 7 nitrogen and oxygen atoms in total. The first-order valence-electron chi connectivity index (χ1n) is 7.72. The molecule has 0 atom stereocenters. The van der Waals surface area contributed by atoms with Crippen molar-refractivity contribution in [1.82, 2.24) is 29.9 Å². The number of hydrogen-bond acceptors (Lipinski definition) is 7. The highest BCUT2D eigenvalue weighted by Crippen LogP contribution is 2.26. The number of benzene rings is 1. The van der Waals surface area contributed by atoms with E-state index in [4.69, 9.17) is 16.1 Å². The fraction of sp³-hybridized carbons (Fsp3) is 0.118. The first kappa shape index (κ1) is 16.7. The zero-order valence-corrected chi connectivity index (χ0v) is 15.3. The smallest absolute Gasteiger partial charge is 0.237 e. The molecule has 1 aromatic carbocycles. The van der Waals surface area contributed by atoms with Gasteiger partial charge in [-0.3, -0.25) is 4.98 Å². The van der Waals surface area contributed by atoms with E-state index in [1.165, 1.54) is 11.8 Å². The molecule has 3 heterocycles. The molecule has 0 radical (unpaired) electrons. The van der Waals surface area contributed by atoms with Crippen molar-refractivity contribution in [2.75, 3.05) is 0 Å². The third-order valence-corrected chi connectivity index (χ3v) is 4.91. The van der Waals surface area contributed by atoms with Crippen LogP contribution in [0.15, 0.2) is 58.5 Å². The summed E-state index contributed by atoms with van der Waals surface area (Å²) in [6, 6.07) is 11.2. The van der Waals surface area contributed by atoms with Crippen LogP contribution in [0.25, 0.3) is 22.8 Å². The first-order chi connectivity index (χ1) is 12.7. The molecule has 130 valence electrons. The molecule has 0 unspecified atom stereocenters. The quantitative estimate of drug-likeness (QED) is 0.483. The van der Waals surface area contributed by atoms with E-state index in [0.717, 1.165) is 22.1 Å². The van der Waals surface area contributed by atoms with Crippen LogP contribution in [-0.2, 0) is 12.8 Å². The van der Waals surface area contributed by atoms with Gasteiger partial charge in [-0.25, -0.2) is 0 Å². The molecule has 0 N–H and O–H groups in total. The SMILES string of the molecule is Cn1c(SCc2nc(-c3cccnc3)no2)nnc1-c1ccc(Cl)cc1. The van der Waals surface area contributed by atoms with Crippen LogP contribution < -0.4 is 0 Å². The summed E-state index contributed by atoms with van der Waals surface area (Å²) in [5.74, 6) is 2.31. The van der Waals surface area contributed by atoms with Gasteiger partial charge in [-0.2, -0.15) is 4.98 Å². The van der Waals surface area contributed by atoms with Crippen molar-refractivity contribution < 1.29 is 4.52 Å². The van der Waals surface area contributed by atoms with Crippen molar-refractivity contribution in [1.29, 1.82) is 0 Å². The number of aromatic nitrogens is 6. The molecule has 3 aromatic heterocycles. The Bertz CT molecular complexity index is 1020. The Hall–Kier alpha value is -2.71. The van der Waals surface area contributed by atoms with E-state index in [-0.39, 0.29) is 0 Å². The molecule has 0 saturated carbocycles. The molecule has 0 fully saturated rings. The van der Waals surface area contributed by atoms with E-state index in [9.17, 15) is 0 Å². The van der Waals surface area contributed by atoms with Crippen molar-refractivity contribution in [3.05, 3.63) is 59.7 Å². The molecule has 4 aromatic rings. The van der Waals surface area contributed by atoms with Crippen LogP contribution in [0, 0.1) is 0 Å². The number of pyridine rings is 1. The van der Waals surface area contributed by atoms with E-state index < -0.39 is 0 Å². The van der Waals surface area contributed by atoms with Gasteiger partial charge in [-0.1, -0.05) is 28.5 Å². The highest BCUT2D eigenvalue weighted by molar-refractivity contribution is 7.98. The van der Waals surface area contributed by atoms with Crippen LogP contribution >= 0.6 is 23.4 Å². The standard InChI is InChI=1S/C17H13ClN6OS/c1-24-16(11-4-6-13(18)7-5-11)21-22-17(24)26-10-14-20-15(23-25-14)12-3-2-8-19-9-12/h2-9H,10H2,1H3. The van der Waals surface area contributed by atoms with Crippen LogP contribution in [0.2, 0.25) is 5.02 Å². The van der Waals surface area contributed by atoms with Crippen LogP contribution in [-0.4, -0.2) is 29.9 Å². The van der Waals surface area contributed by atoms with Crippen molar-refractivity contribution in [3.8, 4) is 22.8 Å². The minimum absolute atomic E-state index is 0.500. The fourth-order valence-corrected chi connectivity index (χ4v) is 3.22. The Morgan fingerprint density at radius 1 is 1.12 bits per heavy atom. The van der Waals surface area contributed by atoms with Crippen LogP contribution in [0.4, 0.5) is 0 Å². The largest absolute Gasteiger partial charge is 0.338 e. The Morgan fingerprint density at radius 2 is 1.96 bits per heavy atom. The van der Waals surface area contributed by atoms with Gasteiger partial charge < -0.3 is 9.09 Å². The summed E-state index contributed by atoms with van der Waals surface area (Å²) < 4.78 is 7.23. The second kappa shape index (κ2) is 7.27. The maximum absolute atomic E-state index is 5.93. The lowest BCUT2D eigenvalue weighted by atomic mass is 10.2. The van der Waals surface area contributed by atoms with E-state index >= 15 is 0 Å². The predicted octanol–water partition coefficient (Wildman–Crippen LogP) is 3.87. The van der Waals surface area contributed by atoms with E-state index in [2.05, 4.69) is 25.3 Å². The van der Waals surface area contributed by atoms with Crippen molar-refractivity contribution >= 4 is 23.4 Å². The van der Waals surface area contributed by atoms with Gasteiger partial charge in [-0.15, -0.1) is 10.2 Å². The highest BCUT2D eigenvalue weighted by Gasteiger charge is 2.14. The first-order valence-corrected chi connectivity index (χ1v) is 9.08. The van der Waals surface area contributed by atoms with Crippen LogP contribution in [0.3, 0.4) is 0 Å². The van der Waals surface area contributed by atoms with Gasteiger partial charge in [0, 0.05) is 35.6 Å². The van der Waals surface area contributed by atoms with E-state index in [0.29, 0.717) is 22.5 Å². The van der Waals surface area contributed by atoms with Gasteiger partial charge in [0.1, 0.15) is 0 Å². The molecule has 0 amide bonds. The summed E-state index contributed by atoms with van der Waals surface area (Å²) in [4.78, 5) is 8.44. The molecular weight excluding hydrogens is 372 g/mol. The second-order valence-electron chi connectivity index (χ2n) is 5.41. The molecule has 0 spiro atoms. The summed E-state index contributed by atoms with van der Waals surface area (Å²) in [6.45, 7) is 0. The zero-order valence-electron chi connectivity index (χ0n) is 13.7. The Labute approximate surface area is 158 Å². The normalized spacial score (nSPS) is 11.0. The predicted molar refractivity (Wildman–Crippen MR) is 98.5 cm³/mol. The van der Waals surface area contributed by atoms with Crippen LogP contribution in [0.5, 0.6) is 0 Å². The summed E-state index contributed by atoms with van der Waals surface area (Å²) in [5.41, 5.74) is 1.77. The van der Waals surface area contributed by atoms with Gasteiger partial charge in [0.05, 0.1) is 5.75 Å². The molecule has 0 aliphatic heterocycles. The average Bonchev–Trinajstić information content (AvgIpc) is 3.29. The highest BCUT2D eigenvalue weighted by atomic mass is 35.5. The Morgan fingerprint density at radius 3 is 2.73 bits per heavy atom. The summed E-state index contributed by atoms with van der Waals surface area (Å²) >= 11 is 7.41. The lowest BCUT2D eigenvalue weighted by molar-refractivity contribution is 0.391. The number of halogens is 1. The number of thioether (sulfide) groups is 1. The molecule has 4 rings (SSSR count). The maximum atomic E-state index is 5.93. The van der Waals surface area contributed by atoms with Crippen molar-refractivity contribution in [3.63, 3.8) is 0 Å². The average molecular weight is 385 g/mol. The number of rotatable bonds is 5. The second-order valence-corrected chi connectivity index (χ2v) is 6.79. The maximum Gasteiger partial charge on any atom is 0.237 e. The lowest BCUT2D eigenvalue weighted by Gasteiger charge is -2.03. The zero-order chi connectivity index (χ0) is 17.9. The minimum Gasteiger partial charge on any atom is -0.338 e. The third-order valence-electron chi connectivity index (χ3n) is 3.65. The van der Waals surface area contributed by atoms with Gasteiger partial charge in [0.2, 0.25) is 11.7 Å². The number of nitrogens with zero attached hydrogens (tertiary/aromatic N) is 6. The molecule has 26 heavy (non-hydrogen) atoms. The molecule has 0 bridgehead atoms. The van der Waals surface area contributed by atoms with Crippen molar-refractivity contribution in [2.24, 2.45) is 7.05 Å². The van der Waals surface area contributed by atoms with Gasteiger partial charge >= 0.3 is 0 Å². The summed E-state index contributed by atoms with van der Waals surface area (Å²) in [6.07, 6.45) is 3.40. The minimum atomic E-state index is 0.500.